The smallest absolute Gasteiger partial charge is 0.410 e. The zero-order chi connectivity index (χ0) is 18.1. The van der Waals surface area contributed by atoms with Crippen molar-refractivity contribution in [2.45, 2.75) is 44.6 Å². The zero-order valence-electron chi connectivity index (χ0n) is 13.8. The highest BCUT2D eigenvalue weighted by atomic mass is 79.9. The van der Waals surface area contributed by atoms with Crippen LogP contribution in [0.3, 0.4) is 0 Å². The van der Waals surface area contributed by atoms with E-state index in [-0.39, 0.29) is 31.6 Å². The van der Waals surface area contributed by atoms with E-state index in [1.807, 2.05) is 0 Å². The van der Waals surface area contributed by atoms with Gasteiger partial charge >= 0.3 is 12.1 Å². The molecule has 0 radical (unpaired) electrons. The van der Waals surface area contributed by atoms with Crippen molar-refractivity contribution in [2.24, 2.45) is 0 Å². The molecule has 1 aromatic heterocycles. The first kappa shape index (κ1) is 18.6. The Bertz CT molecular complexity index is 652. The van der Waals surface area contributed by atoms with Crippen molar-refractivity contribution in [1.29, 1.82) is 0 Å². The molecule has 132 valence electrons. The molecular weight excluding hydrogens is 383 g/mol. The topological polar surface area (TPSA) is 79.7 Å². The van der Waals surface area contributed by atoms with Crippen molar-refractivity contribution < 1.29 is 23.8 Å². The number of carboxylic acids is 1. The fourth-order valence-corrected chi connectivity index (χ4v) is 3.42. The van der Waals surface area contributed by atoms with Crippen molar-refractivity contribution >= 4 is 28.0 Å². The first-order valence-electron chi connectivity index (χ1n) is 7.58. The Hall–Kier alpha value is -1.70. The highest BCUT2D eigenvalue weighted by molar-refractivity contribution is 9.10. The number of rotatable bonds is 2. The number of carboxylic acid groups (broad SMARTS) is 1. The Morgan fingerprint density at radius 3 is 2.42 bits per heavy atom. The third kappa shape index (κ3) is 3.85. The molecule has 2 rings (SSSR count). The number of piperidine rings is 1. The van der Waals surface area contributed by atoms with Gasteiger partial charge in [0.05, 0.1) is 11.9 Å². The predicted octanol–water partition coefficient (Wildman–Crippen LogP) is 3.34. The molecule has 24 heavy (non-hydrogen) atoms. The molecule has 0 unspecified atom stereocenters. The lowest BCUT2D eigenvalue weighted by atomic mass is 9.75. The third-order valence-electron chi connectivity index (χ3n) is 3.94. The average molecular weight is 403 g/mol. The van der Waals surface area contributed by atoms with Crippen LogP contribution in [-0.2, 0) is 14.9 Å². The van der Waals surface area contributed by atoms with Gasteiger partial charge in [0, 0.05) is 17.6 Å². The number of carbonyl (C=O) groups is 2. The van der Waals surface area contributed by atoms with Gasteiger partial charge in [-0.15, -0.1) is 0 Å². The Morgan fingerprint density at radius 1 is 1.38 bits per heavy atom. The Kier molecular flexibility index (Phi) is 5.17. The van der Waals surface area contributed by atoms with E-state index in [9.17, 15) is 19.1 Å². The molecule has 0 spiro atoms. The Morgan fingerprint density at radius 2 is 1.96 bits per heavy atom. The normalized spacial score (nSPS) is 17.5. The highest BCUT2D eigenvalue weighted by Gasteiger charge is 2.46. The molecule has 0 saturated carbocycles. The fourth-order valence-electron chi connectivity index (χ4n) is 2.72. The lowest BCUT2D eigenvalue weighted by Gasteiger charge is -2.39. The van der Waals surface area contributed by atoms with Gasteiger partial charge in [0.2, 0.25) is 0 Å². The van der Waals surface area contributed by atoms with E-state index in [1.54, 1.807) is 20.8 Å². The van der Waals surface area contributed by atoms with Crippen LogP contribution in [-0.4, -0.2) is 45.7 Å². The summed E-state index contributed by atoms with van der Waals surface area (Å²) in [7, 11) is 0. The van der Waals surface area contributed by atoms with E-state index in [0.717, 1.165) is 6.20 Å². The van der Waals surface area contributed by atoms with Crippen LogP contribution in [0.1, 0.15) is 39.3 Å². The fraction of sp³-hybridized carbons (Fsp3) is 0.562. The maximum atomic E-state index is 13.3. The number of carbonyl (C=O) groups excluding carboxylic acids is 1. The summed E-state index contributed by atoms with van der Waals surface area (Å²) < 4.78 is 18.9. The van der Waals surface area contributed by atoms with Crippen molar-refractivity contribution in [2.75, 3.05) is 13.1 Å². The third-order valence-corrected chi connectivity index (χ3v) is 4.54. The number of aliphatic carboxylic acids is 1. The number of ether oxygens (including phenoxy) is 1. The molecule has 6 nitrogen and oxygen atoms in total. The average Bonchev–Trinajstić information content (AvgIpc) is 2.45. The predicted molar refractivity (Wildman–Crippen MR) is 88.2 cm³/mol. The SMILES string of the molecule is CC(C)(C)OC(=O)N1CCC(C(=O)O)(c2ncc(F)cc2Br)CC1. The molecule has 0 aromatic carbocycles. The number of halogens is 2. The van der Waals surface area contributed by atoms with Gasteiger partial charge in [0.25, 0.3) is 0 Å². The lowest BCUT2D eigenvalue weighted by molar-refractivity contribution is -0.146. The summed E-state index contributed by atoms with van der Waals surface area (Å²) in [6.45, 7) is 5.78. The van der Waals surface area contributed by atoms with Crippen molar-refractivity contribution in [3.63, 3.8) is 0 Å². The molecule has 0 bridgehead atoms. The maximum absolute atomic E-state index is 13.3. The van der Waals surface area contributed by atoms with Crippen LogP contribution in [0.15, 0.2) is 16.7 Å². The quantitative estimate of drug-likeness (QED) is 0.820. The van der Waals surface area contributed by atoms with Crippen molar-refractivity contribution in [3.8, 4) is 0 Å². The highest BCUT2D eigenvalue weighted by Crippen LogP contribution is 2.38. The first-order valence-corrected chi connectivity index (χ1v) is 8.37. The van der Waals surface area contributed by atoms with Crippen molar-refractivity contribution in [1.82, 2.24) is 9.88 Å². The van der Waals surface area contributed by atoms with Crippen LogP contribution < -0.4 is 0 Å². The zero-order valence-corrected chi connectivity index (χ0v) is 15.4. The summed E-state index contributed by atoms with van der Waals surface area (Å²) in [5, 5.41) is 9.76. The second kappa shape index (κ2) is 6.66. The number of pyridine rings is 1. The number of hydrogen-bond acceptors (Lipinski definition) is 4. The minimum Gasteiger partial charge on any atom is -0.481 e. The molecule has 1 saturated heterocycles. The van der Waals surface area contributed by atoms with Crippen LogP contribution in [0.25, 0.3) is 0 Å². The second-order valence-corrected chi connectivity index (χ2v) is 7.69. The second-order valence-electron chi connectivity index (χ2n) is 6.84. The van der Waals surface area contributed by atoms with Gasteiger partial charge in [0.1, 0.15) is 16.8 Å². The van der Waals surface area contributed by atoms with Crippen LogP contribution >= 0.6 is 15.9 Å². The van der Waals surface area contributed by atoms with E-state index in [1.165, 1.54) is 11.0 Å². The van der Waals surface area contributed by atoms with Gasteiger partial charge in [-0.25, -0.2) is 9.18 Å². The minimum atomic E-state index is -1.26. The summed E-state index contributed by atoms with van der Waals surface area (Å²) >= 11 is 3.20. The molecule has 1 N–H and O–H groups in total. The van der Waals surface area contributed by atoms with Gasteiger partial charge in [-0.1, -0.05) is 0 Å². The van der Waals surface area contributed by atoms with Crippen molar-refractivity contribution in [3.05, 3.63) is 28.2 Å². The molecule has 1 amide bonds. The molecule has 2 heterocycles. The molecule has 0 aliphatic carbocycles. The molecule has 1 aliphatic rings. The minimum absolute atomic E-state index is 0.179. The van der Waals surface area contributed by atoms with Gasteiger partial charge in [-0.2, -0.15) is 0 Å². The summed E-state index contributed by atoms with van der Waals surface area (Å²) in [6, 6.07) is 1.20. The summed E-state index contributed by atoms with van der Waals surface area (Å²) in [4.78, 5) is 29.5. The van der Waals surface area contributed by atoms with Crippen LogP contribution in [0, 0.1) is 5.82 Å². The van der Waals surface area contributed by atoms with E-state index in [2.05, 4.69) is 20.9 Å². The van der Waals surface area contributed by atoms with E-state index in [4.69, 9.17) is 4.74 Å². The van der Waals surface area contributed by atoms with Crippen LogP contribution in [0.5, 0.6) is 0 Å². The number of hydrogen-bond donors (Lipinski definition) is 1. The number of aromatic nitrogens is 1. The summed E-state index contributed by atoms with van der Waals surface area (Å²) in [5.74, 6) is -1.58. The monoisotopic (exact) mass is 402 g/mol. The van der Waals surface area contributed by atoms with Gasteiger partial charge < -0.3 is 14.7 Å². The van der Waals surface area contributed by atoms with E-state index in [0.29, 0.717) is 4.47 Å². The maximum Gasteiger partial charge on any atom is 0.410 e. The molecule has 8 heteroatoms. The van der Waals surface area contributed by atoms with Gasteiger partial charge in [-0.3, -0.25) is 9.78 Å². The van der Waals surface area contributed by atoms with E-state index >= 15 is 0 Å². The van der Waals surface area contributed by atoms with Gasteiger partial charge in [-0.05, 0) is 55.6 Å². The molecular formula is C16H20BrFN2O4. The Labute approximate surface area is 148 Å². The van der Waals surface area contributed by atoms with Crippen LogP contribution in [0.2, 0.25) is 0 Å². The number of likely N-dealkylation sites (tertiary alicyclic amines) is 1. The Balaban J connectivity index is 2.21. The largest absolute Gasteiger partial charge is 0.481 e. The first-order chi connectivity index (χ1) is 11.0. The molecule has 1 aliphatic heterocycles. The van der Waals surface area contributed by atoms with Crippen LogP contribution in [0.4, 0.5) is 9.18 Å². The molecule has 0 atom stereocenters. The molecule has 1 fully saturated rings. The summed E-state index contributed by atoms with van der Waals surface area (Å²) in [6.07, 6.45) is 0.899. The van der Waals surface area contributed by atoms with Gasteiger partial charge in [0.15, 0.2) is 0 Å². The lowest BCUT2D eigenvalue weighted by Crippen LogP contribution is -2.50. The standard InChI is InChI=1S/C16H20BrFN2O4/c1-15(2,3)24-14(23)20-6-4-16(5-7-20,13(21)22)12-11(17)8-10(18)9-19-12/h8-9H,4-7H2,1-3H3,(H,21,22). The number of nitrogens with zero attached hydrogens (tertiary/aromatic N) is 2. The van der Waals surface area contributed by atoms with E-state index < -0.39 is 28.9 Å². The summed E-state index contributed by atoms with van der Waals surface area (Å²) in [5.41, 5.74) is -1.59. The number of amides is 1. The molecule has 1 aromatic rings.